The van der Waals surface area contributed by atoms with Gasteiger partial charge in [-0.2, -0.15) is 0 Å². The van der Waals surface area contributed by atoms with Gasteiger partial charge < -0.3 is 15.8 Å². The number of hydrogen-bond donors (Lipinski definition) is 2. The van der Waals surface area contributed by atoms with E-state index in [0.717, 1.165) is 5.56 Å². The molecule has 3 N–H and O–H groups in total. The molecule has 0 aliphatic heterocycles. The van der Waals surface area contributed by atoms with E-state index < -0.39 is 0 Å². The van der Waals surface area contributed by atoms with Crippen molar-refractivity contribution in [1.82, 2.24) is 0 Å². The lowest BCUT2D eigenvalue weighted by atomic mass is 10.1. The summed E-state index contributed by atoms with van der Waals surface area (Å²) in [5, 5.41) is 2.84. The Hall–Kier alpha value is -1.55. The Morgan fingerprint density at radius 3 is 2.71 bits per heavy atom. The minimum atomic E-state index is -0.00111. The van der Waals surface area contributed by atoms with E-state index in [9.17, 15) is 4.79 Å². The number of nitrogens with two attached hydrogens (primary N) is 1. The maximum Gasteiger partial charge on any atom is 0.224 e. The van der Waals surface area contributed by atoms with E-state index in [4.69, 9.17) is 10.5 Å². The maximum atomic E-state index is 11.7. The minimum absolute atomic E-state index is 0.00111. The van der Waals surface area contributed by atoms with Gasteiger partial charge in [-0.15, -0.1) is 0 Å². The summed E-state index contributed by atoms with van der Waals surface area (Å²) in [6.45, 7) is 4.47. The van der Waals surface area contributed by atoms with Crippen LogP contribution in [0.2, 0.25) is 0 Å². The van der Waals surface area contributed by atoms with E-state index >= 15 is 0 Å². The van der Waals surface area contributed by atoms with Crippen molar-refractivity contribution in [2.75, 3.05) is 12.4 Å². The van der Waals surface area contributed by atoms with Gasteiger partial charge in [0, 0.05) is 13.0 Å². The molecule has 17 heavy (non-hydrogen) atoms. The fraction of sp³-hybridized carbons (Fsp3) is 0.462. The first kappa shape index (κ1) is 13.5. The molecule has 0 aromatic heterocycles. The number of anilines is 1. The quantitative estimate of drug-likeness (QED) is 0.823. The molecular weight excluding hydrogens is 216 g/mol. The highest BCUT2D eigenvalue weighted by molar-refractivity contribution is 5.92. The van der Waals surface area contributed by atoms with Crippen LogP contribution in [0, 0.1) is 5.92 Å². The van der Waals surface area contributed by atoms with Crippen LogP contribution in [0.4, 0.5) is 5.69 Å². The molecule has 0 heterocycles. The Morgan fingerprint density at radius 2 is 2.18 bits per heavy atom. The van der Waals surface area contributed by atoms with Gasteiger partial charge in [-0.25, -0.2) is 0 Å². The van der Waals surface area contributed by atoms with Crippen molar-refractivity contribution in [3.8, 4) is 5.75 Å². The average molecular weight is 236 g/mol. The second-order valence-corrected chi connectivity index (χ2v) is 4.38. The predicted molar refractivity (Wildman–Crippen MR) is 69.0 cm³/mol. The number of carbonyl (C=O) groups excluding carboxylic acids is 1. The van der Waals surface area contributed by atoms with Crippen LogP contribution in [0.5, 0.6) is 5.75 Å². The number of rotatable bonds is 5. The summed E-state index contributed by atoms with van der Waals surface area (Å²) >= 11 is 0. The molecule has 0 aliphatic carbocycles. The van der Waals surface area contributed by atoms with Gasteiger partial charge in [0.15, 0.2) is 0 Å². The lowest BCUT2D eigenvalue weighted by Crippen LogP contribution is -2.14. The minimum Gasteiger partial charge on any atom is -0.495 e. The highest BCUT2D eigenvalue weighted by Gasteiger charge is 2.09. The van der Waals surface area contributed by atoms with Crippen LogP contribution in [0.15, 0.2) is 18.2 Å². The zero-order chi connectivity index (χ0) is 12.8. The standard InChI is InChI=1S/C13H20N2O2/c1-9(2)6-13(16)15-11-5-4-10(8-14)7-12(11)17-3/h4-5,7,9H,6,8,14H2,1-3H3,(H,15,16). The van der Waals surface area contributed by atoms with Gasteiger partial charge in [0.2, 0.25) is 5.91 Å². The molecule has 0 spiro atoms. The third-order valence-corrected chi connectivity index (χ3v) is 2.37. The molecule has 1 aromatic rings. The summed E-state index contributed by atoms with van der Waals surface area (Å²) in [6, 6.07) is 5.54. The van der Waals surface area contributed by atoms with Crippen molar-refractivity contribution < 1.29 is 9.53 Å². The molecule has 0 unspecified atom stereocenters. The second kappa shape index (κ2) is 6.25. The molecule has 0 radical (unpaired) electrons. The highest BCUT2D eigenvalue weighted by atomic mass is 16.5. The summed E-state index contributed by atoms with van der Waals surface area (Å²) in [4.78, 5) is 11.7. The molecule has 0 fully saturated rings. The Kier molecular flexibility index (Phi) is 4.97. The third-order valence-electron chi connectivity index (χ3n) is 2.37. The van der Waals surface area contributed by atoms with E-state index in [1.54, 1.807) is 7.11 Å². The number of benzene rings is 1. The molecule has 94 valence electrons. The van der Waals surface area contributed by atoms with Gasteiger partial charge in [-0.3, -0.25) is 4.79 Å². The van der Waals surface area contributed by atoms with E-state index in [2.05, 4.69) is 5.32 Å². The van der Waals surface area contributed by atoms with Crippen LogP contribution in [0.25, 0.3) is 0 Å². The summed E-state index contributed by atoms with van der Waals surface area (Å²) < 4.78 is 5.22. The summed E-state index contributed by atoms with van der Waals surface area (Å²) in [5.41, 5.74) is 7.21. The molecule has 4 heteroatoms. The molecule has 1 amide bonds. The fourth-order valence-electron chi connectivity index (χ4n) is 1.54. The normalized spacial score (nSPS) is 10.4. The zero-order valence-corrected chi connectivity index (χ0v) is 10.6. The molecule has 0 bridgehead atoms. The molecule has 0 saturated carbocycles. The smallest absolute Gasteiger partial charge is 0.224 e. The first-order chi connectivity index (χ1) is 8.06. The molecule has 1 aromatic carbocycles. The Labute approximate surface area is 102 Å². The maximum absolute atomic E-state index is 11.7. The first-order valence-corrected chi connectivity index (χ1v) is 5.73. The van der Waals surface area contributed by atoms with Gasteiger partial charge in [0.25, 0.3) is 0 Å². The van der Waals surface area contributed by atoms with Gasteiger partial charge in [-0.05, 0) is 23.6 Å². The molecular formula is C13H20N2O2. The summed E-state index contributed by atoms with van der Waals surface area (Å²) in [5.74, 6) is 0.980. The van der Waals surface area contributed by atoms with Crippen molar-refractivity contribution in [3.05, 3.63) is 23.8 Å². The first-order valence-electron chi connectivity index (χ1n) is 5.73. The topological polar surface area (TPSA) is 64.3 Å². The highest BCUT2D eigenvalue weighted by Crippen LogP contribution is 2.25. The van der Waals surface area contributed by atoms with Gasteiger partial charge in [-0.1, -0.05) is 19.9 Å². The lowest BCUT2D eigenvalue weighted by Gasteiger charge is -2.12. The molecule has 0 aliphatic rings. The van der Waals surface area contributed by atoms with Crippen LogP contribution in [-0.4, -0.2) is 13.0 Å². The van der Waals surface area contributed by atoms with Crippen LogP contribution < -0.4 is 15.8 Å². The fourth-order valence-corrected chi connectivity index (χ4v) is 1.54. The summed E-state index contributed by atoms with van der Waals surface area (Å²) in [6.07, 6.45) is 0.502. The van der Waals surface area contributed by atoms with Crippen LogP contribution in [0.3, 0.4) is 0 Å². The zero-order valence-electron chi connectivity index (χ0n) is 10.6. The molecule has 0 atom stereocenters. The van der Waals surface area contributed by atoms with Gasteiger partial charge >= 0.3 is 0 Å². The number of methoxy groups -OCH3 is 1. The van der Waals surface area contributed by atoms with Crippen molar-refractivity contribution in [3.63, 3.8) is 0 Å². The molecule has 4 nitrogen and oxygen atoms in total. The van der Waals surface area contributed by atoms with Gasteiger partial charge in [0.1, 0.15) is 5.75 Å². The van der Waals surface area contributed by atoms with Crippen molar-refractivity contribution in [1.29, 1.82) is 0 Å². The van der Waals surface area contributed by atoms with Crippen molar-refractivity contribution >= 4 is 11.6 Å². The van der Waals surface area contributed by atoms with Crippen LogP contribution >= 0.6 is 0 Å². The van der Waals surface area contributed by atoms with Crippen molar-refractivity contribution in [2.24, 2.45) is 11.7 Å². The monoisotopic (exact) mass is 236 g/mol. The SMILES string of the molecule is COc1cc(CN)ccc1NC(=O)CC(C)C. The van der Waals surface area contributed by atoms with Crippen LogP contribution in [0.1, 0.15) is 25.8 Å². The second-order valence-electron chi connectivity index (χ2n) is 4.38. The Balaban J connectivity index is 2.80. The largest absolute Gasteiger partial charge is 0.495 e. The van der Waals surface area contributed by atoms with E-state index in [1.807, 2.05) is 32.0 Å². The average Bonchev–Trinajstić information content (AvgIpc) is 2.28. The number of ether oxygens (including phenoxy) is 1. The number of nitrogens with one attached hydrogen (secondary N) is 1. The summed E-state index contributed by atoms with van der Waals surface area (Å²) in [7, 11) is 1.58. The van der Waals surface area contributed by atoms with Gasteiger partial charge in [0.05, 0.1) is 12.8 Å². The van der Waals surface area contributed by atoms with Crippen LogP contribution in [-0.2, 0) is 11.3 Å². The molecule has 1 rings (SSSR count). The van der Waals surface area contributed by atoms with E-state index in [1.165, 1.54) is 0 Å². The number of amides is 1. The Bertz CT molecular complexity index is 389. The van der Waals surface area contributed by atoms with E-state index in [-0.39, 0.29) is 5.91 Å². The third kappa shape index (κ3) is 4.07. The predicted octanol–water partition coefficient (Wildman–Crippen LogP) is 2.14. The Morgan fingerprint density at radius 1 is 1.47 bits per heavy atom. The number of carbonyl (C=O) groups is 1. The molecule has 0 saturated heterocycles. The number of hydrogen-bond acceptors (Lipinski definition) is 3. The van der Waals surface area contributed by atoms with Crippen molar-refractivity contribution in [2.45, 2.75) is 26.8 Å². The van der Waals surface area contributed by atoms with E-state index in [0.29, 0.717) is 30.3 Å². The lowest BCUT2D eigenvalue weighted by molar-refractivity contribution is -0.116.